The molecule has 0 amide bonds. The van der Waals surface area contributed by atoms with Crippen molar-refractivity contribution >= 4 is 49.0 Å². The third-order valence-corrected chi connectivity index (χ3v) is 4.67. The molecule has 20 heavy (non-hydrogen) atoms. The monoisotopic (exact) mass is 371 g/mol. The van der Waals surface area contributed by atoms with Crippen LogP contribution in [0.25, 0.3) is 0 Å². The Morgan fingerprint density at radius 3 is 2.45 bits per heavy atom. The number of nitrogens with zero attached hydrogens (tertiary/aromatic N) is 1. The average Bonchev–Trinajstić information content (AvgIpc) is 2.41. The minimum Gasteiger partial charge on any atom is -0.389 e. The SMILES string of the molecule is NC(=S)c1ccc(S(=O)(=O)Nc2ncccc2Br)cc1. The van der Waals surface area contributed by atoms with Crippen LogP contribution in [0, 0.1) is 0 Å². The van der Waals surface area contributed by atoms with E-state index < -0.39 is 10.0 Å². The molecule has 0 saturated heterocycles. The normalized spacial score (nSPS) is 11.1. The minimum atomic E-state index is -3.70. The molecule has 2 aromatic rings. The molecule has 0 aliphatic carbocycles. The maximum absolute atomic E-state index is 12.2. The van der Waals surface area contributed by atoms with E-state index in [9.17, 15) is 8.42 Å². The Morgan fingerprint density at radius 2 is 1.90 bits per heavy atom. The van der Waals surface area contributed by atoms with Gasteiger partial charge in [-0.1, -0.05) is 24.4 Å². The summed E-state index contributed by atoms with van der Waals surface area (Å²) in [5.74, 6) is 0.228. The van der Waals surface area contributed by atoms with Crippen LogP contribution in [-0.2, 0) is 10.0 Å². The highest BCUT2D eigenvalue weighted by molar-refractivity contribution is 9.10. The van der Waals surface area contributed by atoms with Crippen molar-refractivity contribution < 1.29 is 8.42 Å². The van der Waals surface area contributed by atoms with Crippen molar-refractivity contribution in [1.29, 1.82) is 0 Å². The van der Waals surface area contributed by atoms with Gasteiger partial charge in [-0.3, -0.25) is 4.72 Å². The van der Waals surface area contributed by atoms with Gasteiger partial charge in [0.1, 0.15) is 4.99 Å². The summed E-state index contributed by atoms with van der Waals surface area (Å²) in [5.41, 5.74) is 6.08. The maximum atomic E-state index is 12.2. The fourth-order valence-electron chi connectivity index (χ4n) is 1.45. The number of pyridine rings is 1. The molecule has 0 bridgehead atoms. The zero-order valence-corrected chi connectivity index (χ0v) is 13.3. The van der Waals surface area contributed by atoms with E-state index in [1.54, 1.807) is 24.3 Å². The predicted molar refractivity (Wildman–Crippen MR) is 85.1 cm³/mol. The summed E-state index contributed by atoms with van der Waals surface area (Å²) in [6.07, 6.45) is 1.50. The summed E-state index contributed by atoms with van der Waals surface area (Å²) < 4.78 is 27.4. The van der Waals surface area contributed by atoms with Gasteiger partial charge >= 0.3 is 0 Å². The highest BCUT2D eigenvalue weighted by atomic mass is 79.9. The van der Waals surface area contributed by atoms with Gasteiger partial charge < -0.3 is 5.73 Å². The number of hydrogen-bond donors (Lipinski definition) is 2. The molecule has 0 saturated carbocycles. The van der Waals surface area contributed by atoms with E-state index in [2.05, 4.69) is 25.6 Å². The van der Waals surface area contributed by atoms with E-state index in [0.717, 1.165) is 0 Å². The first kappa shape index (κ1) is 14.9. The molecule has 2 rings (SSSR count). The van der Waals surface area contributed by atoms with Crippen LogP contribution in [0.3, 0.4) is 0 Å². The molecule has 0 spiro atoms. The standard InChI is InChI=1S/C12H10BrN3O2S2/c13-10-2-1-7-15-12(10)16-20(17,18)9-5-3-8(4-6-9)11(14)19/h1-7H,(H2,14,19)(H,15,16). The smallest absolute Gasteiger partial charge is 0.263 e. The summed E-state index contributed by atoms with van der Waals surface area (Å²) in [4.78, 5) is 4.28. The van der Waals surface area contributed by atoms with E-state index >= 15 is 0 Å². The van der Waals surface area contributed by atoms with Crippen LogP contribution in [0.4, 0.5) is 5.82 Å². The van der Waals surface area contributed by atoms with Gasteiger partial charge in [-0.25, -0.2) is 13.4 Å². The van der Waals surface area contributed by atoms with Crippen molar-refractivity contribution in [3.8, 4) is 0 Å². The number of benzene rings is 1. The lowest BCUT2D eigenvalue weighted by atomic mass is 10.2. The van der Waals surface area contributed by atoms with Crippen molar-refractivity contribution in [1.82, 2.24) is 4.98 Å². The van der Waals surface area contributed by atoms with Crippen molar-refractivity contribution in [2.45, 2.75) is 4.90 Å². The third-order valence-electron chi connectivity index (χ3n) is 2.44. The lowest BCUT2D eigenvalue weighted by molar-refractivity contribution is 0.601. The molecule has 5 nitrogen and oxygen atoms in total. The van der Waals surface area contributed by atoms with Crippen LogP contribution in [-0.4, -0.2) is 18.4 Å². The van der Waals surface area contributed by atoms with Crippen molar-refractivity contribution in [3.63, 3.8) is 0 Å². The Balaban J connectivity index is 2.31. The fraction of sp³-hybridized carbons (Fsp3) is 0. The van der Waals surface area contributed by atoms with Gasteiger partial charge in [0, 0.05) is 11.8 Å². The Kier molecular flexibility index (Phi) is 4.36. The highest BCUT2D eigenvalue weighted by Crippen LogP contribution is 2.22. The molecule has 0 unspecified atom stereocenters. The molecule has 3 N–H and O–H groups in total. The molecule has 0 aliphatic heterocycles. The number of anilines is 1. The zero-order valence-electron chi connectivity index (χ0n) is 10.1. The topological polar surface area (TPSA) is 85.1 Å². The second-order valence-corrected chi connectivity index (χ2v) is 6.80. The van der Waals surface area contributed by atoms with Gasteiger partial charge in [-0.15, -0.1) is 0 Å². The number of rotatable bonds is 4. The maximum Gasteiger partial charge on any atom is 0.263 e. The Bertz CT molecular complexity index is 746. The molecule has 1 aromatic carbocycles. The predicted octanol–water partition coefficient (Wildman–Crippen LogP) is 2.28. The minimum absolute atomic E-state index is 0.107. The first-order valence-electron chi connectivity index (χ1n) is 5.43. The number of nitrogens with one attached hydrogen (secondary N) is 1. The Labute approximate surface area is 130 Å². The van der Waals surface area contributed by atoms with E-state index in [-0.39, 0.29) is 15.7 Å². The van der Waals surface area contributed by atoms with Crippen LogP contribution in [0.15, 0.2) is 52.0 Å². The molecular formula is C12H10BrN3O2S2. The first-order valence-corrected chi connectivity index (χ1v) is 8.12. The Morgan fingerprint density at radius 1 is 1.25 bits per heavy atom. The molecule has 8 heteroatoms. The molecule has 1 aromatic heterocycles. The summed E-state index contributed by atoms with van der Waals surface area (Å²) >= 11 is 8.05. The van der Waals surface area contributed by atoms with Crippen molar-refractivity contribution in [2.75, 3.05) is 4.72 Å². The highest BCUT2D eigenvalue weighted by Gasteiger charge is 2.16. The summed E-state index contributed by atoms with van der Waals surface area (Å²) in [7, 11) is -3.70. The van der Waals surface area contributed by atoms with Crippen LogP contribution in [0.1, 0.15) is 5.56 Å². The quantitative estimate of drug-likeness (QED) is 0.805. The second-order valence-electron chi connectivity index (χ2n) is 3.83. The number of halogens is 1. The van der Waals surface area contributed by atoms with Gasteiger partial charge in [-0.2, -0.15) is 0 Å². The lowest BCUT2D eigenvalue weighted by Crippen LogP contribution is -2.15. The molecule has 0 radical (unpaired) electrons. The van der Waals surface area contributed by atoms with Crippen LogP contribution in [0.2, 0.25) is 0 Å². The summed E-state index contributed by atoms with van der Waals surface area (Å²) in [5, 5.41) is 0. The van der Waals surface area contributed by atoms with E-state index in [1.165, 1.54) is 18.3 Å². The van der Waals surface area contributed by atoms with Gasteiger partial charge in [0.25, 0.3) is 10.0 Å². The summed E-state index contributed by atoms with van der Waals surface area (Å²) in [6, 6.07) is 9.38. The van der Waals surface area contributed by atoms with Gasteiger partial charge in [0.2, 0.25) is 0 Å². The van der Waals surface area contributed by atoms with Crippen molar-refractivity contribution in [2.24, 2.45) is 5.73 Å². The van der Waals surface area contributed by atoms with Gasteiger partial charge in [0.15, 0.2) is 5.82 Å². The fourth-order valence-corrected chi connectivity index (χ4v) is 3.10. The lowest BCUT2D eigenvalue weighted by Gasteiger charge is -2.09. The number of nitrogens with two attached hydrogens (primary N) is 1. The molecule has 0 atom stereocenters. The van der Waals surface area contributed by atoms with E-state index in [0.29, 0.717) is 10.0 Å². The number of sulfonamides is 1. The van der Waals surface area contributed by atoms with Crippen LogP contribution >= 0.6 is 28.1 Å². The number of aromatic nitrogens is 1. The molecule has 104 valence electrons. The molecule has 1 heterocycles. The second kappa shape index (κ2) is 5.86. The molecular weight excluding hydrogens is 362 g/mol. The molecule has 0 aliphatic rings. The van der Waals surface area contributed by atoms with Crippen LogP contribution in [0.5, 0.6) is 0 Å². The van der Waals surface area contributed by atoms with Gasteiger partial charge in [-0.05, 0) is 40.2 Å². The zero-order chi connectivity index (χ0) is 14.8. The number of thiocarbonyl (C=S) groups is 1. The first-order chi connectivity index (χ1) is 9.40. The van der Waals surface area contributed by atoms with Crippen LogP contribution < -0.4 is 10.5 Å². The van der Waals surface area contributed by atoms with Gasteiger partial charge in [0.05, 0.1) is 9.37 Å². The Hall–Kier alpha value is -1.51. The number of hydrogen-bond acceptors (Lipinski definition) is 4. The largest absolute Gasteiger partial charge is 0.389 e. The van der Waals surface area contributed by atoms with Crippen molar-refractivity contribution in [3.05, 3.63) is 52.6 Å². The third kappa shape index (κ3) is 3.33. The average molecular weight is 372 g/mol. The van der Waals surface area contributed by atoms with E-state index in [4.69, 9.17) is 18.0 Å². The molecule has 0 fully saturated rings. The summed E-state index contributed by atoms with van der Waals surface area (Å²) in [6.45, 7) is 0. The van der Waals surface area contributed by atoms with E-state index in [1.807, 2.05) is 0 Å².